The predicted molar refractivity (Wildman–Crippen MR) is 57.8 cm³/mol. The standard InChI is InChI=1S/C6H7NO.C4H8.ClH/c8-6-3-1-2-4-7-5-6;1-2-4-3-1;/h1-5,7-8H;1-4H2;1H. The van der Waals surface area contributed by atoms with Crippen LogP contribution in [-0.2, 0) is 0 Å². The minimum Gasteiger partial charge on any atom is -0.506 e. The Morgan fingerprint density at radius 1 is 1.08 bits per heavy atom. The molecule has 0 spiro atoms. The molecule has 0 amide bonds. The number of hydrogen-bond acceptors (Lipinski definition) is 2. The maximum Gasteiger partial charge on any atom is 0.131 e. The van der Waals surface area contributed by atoms with Crippen molar-refractivity contribution >= 4 is 12.4 Å². The van der Waals surface area contributed by atoms with Crippen LogP contribution < -0.4 is 5.32 Å². The Kier molecular flexibility index (Phi) is 7.21. The number of allylic oxidation sites excluding steroid dienone is 3. The molecule has 1 fully saturated rings. The average Bonchev–Trinajstić information content (AvgIpc) is 2.12. The Hall–Kier alpha value is -0.890. The number of aliphatic hydroxyl groups excluding tert-OH is 1. The van der Waals surface area contributed by atoms with Gasteiger partial charge in [0.1, 0.15) is 5.76 Å². The molecule has 2 aliphatic rings. The summed E-state index contributed by atoms with van der Waals surface area (Å²) in [7, 11) is 0. The lowest BCUT2D eigenvalue weighted by molar-refractivity contribution is 0.429. The van der Waals surface area contributed by atoms with Gasteiger partial charge in [0.15, 0.2) is 0 Å². The van der Waals surface area contributed by atoms with Crippen molar-refractivity contribution in [1.29, 1.82) is 0 Å². The van der Waals surface area contributed by atoms with Crippen molar-refractivity contribution in [2.24, 2.45) is 0 Å². The van der Waals surface area contributed by atoms with Crippen LogP contribution in [0.4, 0.5) is 0 Å². The monoisotopic (exact) mass is 201 g/mol. The molecule has 3 heteroatoms. The van der Waals surface area contributed by atoms with E-state index in [1.807, 2.05) is 0 Å². The summed E-state index contributed by atoms with van der Waals surface area (Å²) < 4.78 is 0. The first-order valence-corrected chi connectivity index (χ1v) is 4.38. The Balaban J connectivity index is 0.000000245. The van der Waals surface area contributed by atoms with Crippen LogP contribution in [0.3, 0.4) is 0 Å². The molecule has 0 unspecified atom stereocenters. The molecule has 13 heavy (non-hydrogen) atoms. The summed E-state index contributed by atoms with van der Waals surface area (Å²) in [6.07, 6.45) is 14.4. The van der Waals surface area contributed by atoms with Crippen molar-refractivity contribution in [3.63, 3.8) is 0 Å². The highest BCUT2D eigenvalue weighted by atomic mass is 35.5. The van der Waals surface area contributed by atoms with Crippen molar-refractivity contribution < 1.29 is 5.11 Å². The number of nitrogens with one attached hydrogen (secondary N) is 1. The van der Waals surface area contributed by atoms with Crippen LogP contribution in [-0.4, -0.2) is 5.11 Å². The Bertz CT molecular complexity index is 198. The number of rotatable bonds is 0. The second-order valence-corrected chi connectivity index (χ2v) is 2.87. The van der Waals surface area contributed by atoms with Gasteiger partial charge in [-0.1, -0.05) is 31.8 Å². The molecule has 1 heterocycles. The van der Waals surface area contributed by atoms with Gasteiger partial charge in [-0.2, -0.15) is 0 Å². The number of halogens is 1. The zero-order chi connectivity index (χ0) is 8.65. The zero-order valence-electron chi connectivity index (χ0n) is 7.57. The summed E-state index contributed by atoms with van der Waals surface area (Å²) in [6, 6.07) is 0. The molecule has 0 bridgehead atoms. The summed E-state index contributed by atoms with van der Waals surface area (Å²) in [5.74, 6) is 0.245. The summed E-state index contributed by atoms with van der Waals surface area (Å²) in [5.41, 5.74) is 0. The summed E-state index contributed by atoms with van der Waals surface area (Å²) in [6.45, 7) is 0. The molecule has 1 saturated carbocycles. The molecule has 2 N–H and O–H groups in total. The lowest BCUT2D eigenvalue weighted by atomic mass is 10.0. The van der Waals surface area contributed by atoms with Crippen molar-refractivity contribution in [3.05, 3.63) is 36.4 Å². The van der Waals surface area contributed by atoms with E-state index in [0.29, 0.717) is 0 Å². The first-order chi connectivity index (χ1) is 5.89. The van der Waals surface area contributed by atoms with Gasteiger partial charge in [0.2, 0.25) is 0 Å². The molecule has 1 aliphatic carbocycles. The first-order valence-electron chi connectivity index (χ1n) is 4.38. The molecule has 0 aromatic rings. The molecular formula is C10H16ClNO. The minimum absolute atomic E-state index is 0. The topological polar surface area (TPSA) is 32.3 Å². The molecule has 0 aromatic carbocycles. The quantitative estimate of drug-likeness (QED) is 0.632. The van der Waals surface area contributed by atoms with Gasteiger partial charge >= 0.3 is 0 Å². The SMILES string of the molecule is C1CCC1.Cl.OC1=CNC=CC=C1. The Morgan fingerprint density at radius 3 is 2.23 bits per heavy atom. The largest absolute Gasteiger partial charge is 0.506 e. The van der Waals surface area contributed by atoms with Gasteiger partial charge in [-0.3, -0.25) is 0 Å². The predicted octanol–water partition coefficient (Wildman–Crippen LogP) is 3.04. The highest BCUT2D eigenvalue weighted by Crippen LogP contribution is 2.15. The van der Waals surface area contributed by atoms with E-state index in [1.54, 1.807) is 24.4 Å². The molecule has 2 rings (SSSR count). The summed E-state index contributed by atoms with van der Waals surface area (Å²) in [4.78, 5) is 0. The second kappa shape index (κ2) is 7.74. The second-order valence-electron chi connectivity index (χ2n) is 2.87. The van der Waals surface area contributed by atoms with Crippen molar-refractivity contribution in [2.75, 3.05) is 0 Å². The normalized spacial score (nSPS) is 17.7. The van der Waals surface area contributed by atoms with Crippen LogP contribution in [0.1, 0.15) is 25.7 Å². The lowest BCUT2D eigenvalue weighted by Gasteiger charge is -2.05. The van der Waals surface area contributed by atoms with Gasteiger partial charge in [-0.25, -0.2) is 0 Å². The highest BCUT2D eigenvalue weighted by Gasteiger charge is 1.95. The van der Waals surface area contributed by atoms with Crippen molar-refractivity contribution in [2.45, 2.75) is 25.7 Å². The fourth-order valence-electron chi connectivity index (χ4n) is 0.697. The van der Waals surface area contributed by atoms with Gasteiger partial charge in [-0.05, 0) is 12.2 Å². The number of aliphatic hydroxyl groups is 1. The van der Waals surface area contributed by atoms with E-state index in [9.17, 15) is 0 Å². The molecule has 0 aromatic heterocycles. The van der Waals surface area contributed by atoms with Gasteiger partial charge in [-0.15, -0.1) is 12.4 Å². The van der Waals surface area contributed by atoms with E-state index in [0.717, 1.165) is 0 Å². The molecule has 0 saturated heterocycles. The van der Waals surface area contributed by atoms with Crippen LogP contribution in [0, 0.1) is 0 Å². The van der Waals surface area contributed by atoms with Gasteiger partial charge in [0.05, 0.1) is 0 Å². The fourth-order valence-corrected chi connectivity index (χ4v) is 0.697. The summed E-state index contributed by atoms with van der Waals surface area (Å²) >= 11 is 0. The maximum absolute atomic E-state index is 8.76. The van der Waals surface area contributed by atoms with Crippen LogP contribution in [0.15, 0.2) is 36.4 Å². The van der Waals surface area contributed by atoms with Crippen LogP contribution in [0.5, 0.6) is 0 Å². The third-order valence-electron chi connectivity index (χ3n) is 1.80. The maximum atomic E-state index is 8.76. The smallest absolute Gasteiger partial charge is 0.131 e. The molecule has 0 radical (unpaired) electrons. The van der Waals surface area contributed by atoms with Crippen molar-refractivity contribution in [1.82, 2.24) is 5.32 Å². The van der Waals surface area contributed by atoms with Crippen LogP contribution in [0.25, 0.3) is 0 Å². The van der Waals surface area contributed by atoms with E-state index < -0.39 is 0 Å². The van der Waals surface area contributed by atoms with E-state index in [2.05, 4.69) is 5.32 Å². The first kappa shape index (κ1) is 12.1. The Morgan fingerprint density at radius 2 is 1.69 bits per heavy atom. The molecular weight excluding hydrogens is 186 g/mol. The highest BCUT2D eigenvalue weighted by molar-refractivity contribution is 5.85. The third-order valence-corrected chi connectivity index (χ3v) is 1.80. The van der Waals surface area contributed by atoms with E-state index in [-0.39, 0.29) is 18.2 Å². The van der Waals surface area contributed by atoms with Crippen molar-refractivity contribution in [3.8, 4) is 0 Å². The molecule has 2 nitrogen and oxygen atoms in total. The van der Waals surface area contributed by atoms with E-state index >= 15 is 0 Å². The van der Waals surface area contributed by atoms with Gasteiger partial charge in [0, 0.05) is 12.4 Å². The fraction of sp³-hybridized carbons (Fsp3) is 0.400. The minimum atomic E-state index is 0. The van der Waals surface area contributed by atoms with E-state index in [4.69, 9.17) is 5.11 Å². The lowest BCUT2D eigenvalue weighted by Crippen LogP contribution is -1.91. The van der Waals surface area contributed by atoms with E-state index in [1.165, 1.54) is 31.9 Å². The molecule has 1 aliphatic heterocycles. The number of hydrogen-bond donors (Lipinski definition) is 2. The van der Waals surface area contributed by atoms with Gasteiger partial charge < -0.3 is 10.4 Å². The van der Waals surface area contributed by atoms with Crippen LogP contribution in [0.2, 0.25) is 0 Å². The molecule has 74 valence electrons. The Labute approximate surface area is 85.4 Å². The third kappa shape index (κ3) is 6.29. The zero-order valence-corrected chi connectivity index (χ0v) is 8.39. The molecule has 0 atom stereocenters. The van der Waals surface area contributed by atoms with Crippen LogP contribution >= 0.6 is 12.4 Å². The van der Waals surface area contributed by atoms with Gasteiger partial charge in [0.25, 0.3) is 0 Å². The summed E-state index contributed by atoms with van der Waals surface area (Å²) in [5, 5.41) is 11.5. The average molecular weight is 202 g/mol.